The minimum absolute atomic E-state index is 0.209. The van der Waals surface area contributed by atoms with E-state index in [1.165, 1.54) is 7.11 Å². The van der Waals surface area contributed by atoms with E-state index in [1.54, 1.807) is 24.4 Å². The Morgan fingerprint density at radius 3 is 2.85 bits per heavy atom. The summed E-state index contributed by atoms with van der Waals surface area (Å²) in [5.41, 5.74) is 0.876. The van der Waals surface area contributed by atoms with Crippen molar-refractivity contribution in [2.75, 3.05) is 7.11 Å². The van der Waals surface area contributed by atoms with Crippen molar-refractivity contribution in [3.8, 4) is 0 Å². The number of esters is 1. The smallest absolute Gasteiger partial charge is 0.305 e. The van der Waals surface area contributed by atoms with Gasteiger partial charge in [0.25, 0.3) is 0 Å². The van der Waals surface area contributed by atoms with Gasteiger partial charge in [-0.2, -0.15) is 0 Å². The molecular weight excluding hydrogens is 326 g/mol. The normalized spacial score (nSPS) is 11.2. The standard InChI is InChI=1S/C14H18BrNO4/c1-20-13(17)5-3-2-4-8-16-12-9-10(15)6-7-11(12)14(18)19/h6-9,14,18-19H,2-5H2,1H3/b16-8+. The van der Waals surface area contributed by atoms with Crippen molar-refractivity contribution in [3.63, 3.8) is 0 Å². The summed E-state index contributed by atoms with van der Waals surface area (Å²) in [5, 5.41) is 18.5. The lowest BCUT2D eigenvalue weighted by molar-refractivity contribution is -0.140. The summed E-state index contributed by atoms with van der Waals surface area (Å²) < 4.78 is 5.37. The second-order valence-electron chi connectivity index (χ2n) is 4.21. The third-order valence-corrected chi connectivity index (χ3v) is 3.19. The van der Waals surface area contributed by atoms with Crippen molar-refractivity contribution < 1.29 is 19.7 Å². The van der Waals surface area contributed by atoms with E-state index in [2.05, 4.69) is 25.7 Å². The fourth-order valence-corrected chi connectivity index (χ4v) is 1.97. The number of carbonyl (C=O) groups excluding carboxylic acids is 1. The molecule has 110 valence electrons. The molecule has 0 fully saturated rings. The van der Waals surface area contributed by atoms with Gasteiger partial charge in [-0.3, -0.25) is 9.79 Å². The van der Waals surface area contributed by atoms with Gasteiger partial charge in [0.2, 0.25) is 0 Å². The summed E-state index contributed by atoms with van der Waals surface area (Å²) in [6.45, 7) is 0. The van der Waals surface area contributed by atoms with E-state index in [4.69, 9.17) is 0 Å². The molecule has 0 heterocycles. The third-order valence-electron chi connectivity index (χ3n) is 2.69. The largest absolute Gasteiger partial charge is 0.469 e. The van der Waals surface area contributed by atoms with Crippen LogP contribution in [-0.2, 0) is 9.53 Å². The fourth-order valence-electron chi connectivity index (χ4n) is 1.62. The van der Waals surface area contributed by atoms with Crippen LogP contribution in [0.5, 0.6) is 0 Å². The number of carbonyl (C=O) groups is 1. The molecule has 5 nitrogen and oxygen atoms in total. The molecule has 0 aliphatic carbocycles. The van der Waals surface area contributed by atoms with Crippen molar-refractivity contribution in [2.24, 2.45) is 4.99 Å². The van der Waals surface area contributed by atoms with Gasteiger partial charge in [-0.25, -0.2) is 0 Å². The molecule has 0 unspecified atom stereocenters. The molecule has 0 atom stereocenters. The van der Waals surface area contributed by atoms with E-state index < -0.39 is 6.29 Å². The average molecular weight is 344 g/mol. The summed E-state index contributed by atoms with van der Waals surface area (Å²) in [6.07, 6.45) is 2.85. The van der Waals surface area contributed by atoms with Crippen molar-refractivity contribution in [3.05, 3.63) is 28.2 Å². The van der Waals surface area contributed by atoms with Crippen LogP contribution in [0.4, 0.5) is 5.69 Å². The summed E-state index contributed by atoms with van der Waals surface area (Å²) in [5.74, 6) is -0.209. The predicted octanol–water partition coefficient (Wildman–Crippen LogP) is 2.87. The fraction of sp³-hybridized carbons (Fsp3) is 0.429. The molecule has 1 rings (SSSR count). The van der Waals surface area contributed by atoms with Crippen LogP contribution < -0.4 is 0 Å². The highest BCUT2D eigenvalue weighted by Gasteiger charge is 2.08. The zero-order chi connectivity index (χ0) is 15.0. The van der Waals surface area contributed by atoms with Crippen LogP contribution in [0.1, 0.15) is 37.5 Å². The third kappa shape index (κ3) is 5.81. The van der Waals surface area contributed by atoms with Gasteiger partial charge in [0.05, 0.1) is 12.8 Å². The Hall–Kier alpha value is -1.24. The SMILES string of the molecule is COC(=O)CCCC/C=N/c1cc(Br)ccc1C(O)O. The van der Waals surface area contributed by atoms with Gasteiger partial charge in [-0.15, -0.1) is 0 Å². The zero-order valence-electron chi connectivity index (χ0n) is 11.3. The average Bonchev–Trinajstić information content (AvgIpc) is 2.42. The first-order chi connectivity index (χ1) is 9.54. The summed E-state index contributed by atoms with van der Waals surface area (Å²) in [4.78, 5) is 15.1. The van der Waals surface area contributed by atoms with Gasteiger partial charge in [0.15, 0.2) is 6.29 Å². The van der Waals surface area contributed by atoms with Crippen LogP contribution in [-0.4, -0.2) is 29.5 Å². The topological polar surface area (TPSA) is 79.1 Å². The molecule has 6 heteroatoms. The van der Waals surface area contributed by atoms with Crippen LogP contribution in [0.15, 0.2) is 27.7 Å². The monoisotopic (exact) mass is 343 g/mol. The quantitative estimate of drug-likeness (QED) is 0.345. The second kappa shape index (κ2) is 8.84. The Morgan fingerprint density at radius 1 is 1.45 bits per heavy atom. The zero-order valence-corrected chi connectivity index (χ0v) is 12.8. The predicted molar refractivity (Wildman–Crippen MR) is 80.0 cm³/mol. The van der Waals surface area contributed by atoms with Crippen LogP contribution >= 0.6 is 15.9 Å². The van der Waals surface area contributed by atoms with Crippen LogP contribution in [0, 0.1) is 0 Å². The molecule has 0 saturated carbocycles. The minimum atomic E-state index is -1.55. The molecule has 0 spiro atoms. The lowest BCUT2D eigenvalue weighted by Gasteiger charge is -2.07. The van der Waals surface area contributed by atoms with Crippen molar-refractivity contribution >= 4 is 33.8 Å². The number of aliphatic hydroxyl groups excluding tert-OH is 1. The number of halogens is 1. The maximum atomic E-state index is 10.9. The Morgan fingerprint density at radius 2 is 2.20 bits per heavy atom. The van der Waals surface area contributed by atoms with Crippen molar-refractivity contribution in [2.45, 2.75) is 32.0 Å². The van der Waals surface area contributed by atoms with Gasteiger partial charge in [0, 0.05) is 22.7 Å². The summed E-state index contributed by atoms with van der Waals surface area (Å²) >= 11 is 3.31. The number of ether oxygens (including phenoxy) is 1. The molecule has 0 radical (unpaired) electrons. The molecule has 0 amide bonds. The maximum absolute atomic E-state index is 10.9. The Labute approximate surface area is 126 Å². The first-order valence-electron chi connectivity index (χ1n) is 6.29. The highest BCUT2D eigenvalue weighted by atomic mass is 79.9. The van der Waals surface area contributed by atoms with Crippen LogP contribution in [0.3, 0.4) is 0 Å². The van der Waals surface area contributed by atoms with Gasteiger partial charge >= 0.3 is 5.97 Å². The first-order valence-corrected chi connectivity index (χ1v) is 7.09. The van der Waals surface area contributed by atoms with E-state index in [-0.39, 0.29) is 5.97 Å². The number of methoxy groups -OCH3 is 1. The lowest BCUT2D eigenvalue weighted by atomic mass is 10.1. The Bertz CT molecular complexity index is 474. The molecule has 0 aliphatic heterocycles. The molecule has 0 bridgehead atoms. The van der Waals surface area contributed by atoms with Gasteiger partial charge in [-0.05, 0) is 31.4 Å². The molecule has 20 heavy (non-hydrogen) atoms. The van der Waals surface area contributed by atoms with Crippen LogP contribution in [0.2, 0.25) is 0 Å². The first kappa shape index (κ1) is 16.8. The summed E-state index contributed by atoms with van der Waals surface area (Å²) in [7, 11) is 1.37. The molecule has 2 N–H and O–H groups in total. The summed E-state index contributed by atoms with van der Waals surface area (Å²) in [6, 6.07) is 5.06. The van der Waals surface area contributed by atoms with E-state index in [0.29, 0.717) is 24.1 Å². The number of unbranched alkanes of at least 4 members (excludes halogenated alkanes) is 2. The molecule has 0 aromatic heterocycles. The Kier molecular flexibility index (Phi) is 7.43. The second-order valence-corrected chi connectivity index (χ2v) is 5.13. The number of nitrogens with zero attached hydrogens (tertiary/aromatic N) is 1. The number of hydrogen-bond donors (Lipinski definition) is 2. The number of aliphatic hydroxyl groups is 2. The van der Waals surface area contributed by atoms with E-state index in [1.807, 2.05) is 0 Å². The number of hydrogen-bond acceptors (Lipinski definition) is 5. The Balaban J connectivity index is 2.49. The van der Waals surface area contributed by atoms with Gasteiger partial charge in [-0.1, -0.05) is 22.0 Å². The van der Waals surface area contributed by atoms with E-state index >= 15 is 0 Å². The van der Waals surface area contributed by atoms with Gasteiger partial charge in [0.1, 0.15) is 0 Å². The van der Waals surface area contributed by atoms with E-state index in [0.717, 1.165) is 17.3 Å². The van der Waals surface area contributed by atoms with Crippen LogP contribution in [0.25, 0.3) is 0 Å². The highest BCUT2D eigenvalue weighted by Crippen LogP contribution is 2.27. The number of aliphatic imine (C=N–C) groups is 1. The minimum Gasteiger partial charge on any atom is -0.469 e. The number of benzene rings is 1. The molecule has 0 saturated heterocycles. The maximum Gasteiger partial charge on any atom is 0.305 e. The van der Waals surface area contributed by atoms with Crippen molar-refractivity contribution in [1.29, 1.82) is 0 Å². The molecule has 0 aliphatic rings. The molecule has 1 aromatic rings. The lowest BCUT2D eigenvalue weighted by Crippen LogP contribution is -1.99. The molecule has 1 aromatic carbocycles. The van der Waals surface area contributed by atoms with E-state index in [9.17, 15) is 15.0 Å². The number of rotatable bonds is 7. The molecular formula is C14H18BrNO4. The van der Waals surface area contributed by atoms with Crippen molar-refractivity contribution in [1.82, 2.24) is 0 Å². The van der Waals surface area contributed by atoms with Gasteiger partial charge < -0.3 is 14.9 Å². The highest BCUT2D eigenvalue weighted by molar-refractivity contribution is 9.10.